The third-order valence-electron chi connectivity index (χ3n) is 4.95. The summed E-state index contributed by atoms with van der Waals surface area (Å²) >= 11 is 7.95. The van der Waals surface area contributed by atoms with Gasteiger partial charge in [-0.1, -0.05) is 29.8 Å². The van der Waals surface area contributed by atoms with Crippen LogP contribution < -0.4 is 10.6 Å². The molecule has 0 radical (unpaired) electrons. The highest BCUT2D eigenvalue weighted by Crippen LogP contribution is 2.19. The topological polar surface area (TPSA) is 52.6 Å². The molecule has 0 bridgehead atoms. The molecule has 2 aromatic rings. The highest BCUT2D eigenvalue weighted by atomic mass is 127. The van der Waals surface area contributed by atoms with Crippen LogP contribution in [0.15, 0.2) is 34.6 Å². The maximum Gasteiger partial charge on any atom is 0.191 e. The van der Waals surface area contributed by atoms with Crippen LogP contribution in [0.1, 0.15) is 29.1 Å². The van der Waals surface area contributed by atoms with Crippen LogP contribution in [0.5, 0.6) is 0 Å². The molecule has 1 aromatic carbocycles. The van der Waals surface area contributed by atoms with E-state index in [-0.39, 0.29) is 24.0 Å². The van der Waals surface area contributed by atoms with Crippen LogP contribution in [-0.2, 0) is 13.1 Å². The van der Waals surface area contributed by atoms with Gasteiger partial charge in [0.05, 0.1) is 10.7 Å². The molecule has 154 valence electrons. The first-order valence-corrected chi connectivity index (χ1v) is 10.7. The van der Waals surface area contributed by atoms with Gasteiger partial charge in [-0.3, -0.25) is 9.89 Å². The normalized spacial score (nSPS) is 15.9. The van der Waals surface area contributed by atoms with Crippen LogP contribution in [0.4, 0.5) is 0 Å². The molecule has 1 fully saturated rings. The Balaban J connectivity index is 0.00000280. The fourth-order valence-electron chi connectivity index (χ4n) is 3.34. The Morgan fingerprint density at radius 2 is 2.04 bits per heavy atom. The molecule has 3 rings (SSSR count). The summed E-state index contributed by atoms with van der Waals surface area (Å²) in [5.41, 5.74) is 2.28. The third kappa shape index (κ3) is 7.17. The van der Waals surface area contributed by atoms with Crippen molar-refractivity contribution in [2.45, 2.75) is 32.9 Å². The van der Waals surface area contributed by atoms with Crippen molar-refractivity contribution >= 4 is 52.9 Å². The second-order valence-corrected chi connectivity index (χ2v) is 8.44. The average molecular weight is 534 g/mol. The predicted octanol–water partition coefficient (Wildman–Crippen LogP) is 4.30. The molecule has 8 heteroatoms. The summed E-state index contributed by atoms with van der Waals surface area (Å²) in [4.78, 5) is 11.4. The number of benzene rings is 1. The number of likely N-dealkylation sites (tertiary alicyclic amines) is 1. The van der Waals surface area contributed by atoms with Crippen LogP contribution in [0.3, 0.4) is 0 Å². The summed E-state index contributed by atoms with van der Waals surface area (Å²) < 4.78 is 0. The van der Waals surface area contributed by atoms with Crippen LogP contribution >= 0.6 is 46.9 Å². The Morgan fingerprint density at radius 1 is 1.29 bits per heavy atom. The van der Waals surface area contributed by atoms with Crippen molar-refractivity contribution in [3.05, 3.63) is 50.9 Å². The number of aromatic nitrogens is 1. The van der Waals surface area contributed by atoms with Gasteiger partial charge in [-0.05, 0) is 50.4 Å². The highest BCUT2D eigenvalue weighted by Gasteiger charge is 2.20. The first-order valence-electron chi connectivity index (χ1n) is 9.45. The predicted molar refractivity (Wildman–Crippen MR) is 130 cm³/mol. The Labute approximate surface area is 194 Å². The van der Waals surface area contributed by atoms with Crippen LogP contribution in [-0.4, -0.2) is 42.5 Å². The number of nitrogens with zero attached hydrogens (tertiary/aromatic N) is 3. The molecule has 2 N–H and O–H groups in total. The molecule has 0 atom stereocenters. The molecule has 0 amide bonds. The van der Waals surface area contributed by atoms with Gasteiger partial charge in [0, 0.05) is 37.1 Å². The molecule has 2 heterocycles. The van der Waals surface area contributed by atoms with Gasteiger partial charge in [0.1, 0.15) is 0 Å². The van der Waals surface area contributed by atoms with Crippen LogP contribution in [0.25, 0.3) is 0 Å². The zero-order valence-corrected chi connectivity index (χ0v) is 20.4. The van der Waals surface area contributed by atoms with E-state index in [9.17, 15) is 0 Å². The Bertz CT molecular complexity index is 759. The van der Waals surface area contributed by atoms with Crippen molar-refractivity contribution < 1.29 is 0 Å². The number of piperidine rings is 1. The lowest BCUT2D eigenvalue weighted by Gasteiger charge is -2.31. The van der Waals surface area contributed by atoms with Gasteiger partial charge in [-0.25, -0.2) is 4.98 Å². The summed E-state index contributed by atoms with van der Waals surface area (Å²) in [7, 11) is 1.81. The van der Waals surface area contributed by atoms with E-state index in [2.05, 4.69) is 37.8 Å². The second kappa shape index (κ2) is 11.9. The molecule has 1 saturated heterocycles. The van der Waals surface area contributed by atoms with Gasteiger partial charge in [0.25, 0.3) is 0 Å². The van der Waals surface area contributed by atoms with Crippen LogP contribution in [0.2, 0.25) is 5.02 Å². The largest absolute Gasteiger partial charge is 0.356 e. The van der Waals surface area contributed by atoms with E-state index in [0.717, 1.165) is 47.7 Å². The zero-order chi connectivity index (χ0) is 19.1. The maximum absolute atomic E-state index is 6.21. The summed E-state index contributed by atoms with van der Waals surface area (Å²) in [5, 5.41) is 10.9. The summed E-state index contributed by atoms with van der Waals surface area (Å²) in [6.07, 6.45) is 2.41. The van der Waals surface area contributed by atoms with Gasteiger partial charge in [-0.2, -0.15) is 0 Å². The number of halogens is 2. The monoisotopic (exact) mass is 533 g/mol. The standard InChI is InChI=1S/C20H28ClN5S.HI/c1-15-25-18(14-27-15)13-26-9-7-16(8-10-26)11-23-20(22-2)24-12-17-5-3-4-6-19(17)21;/h3-6,14,16H,7-13H2,1-2H3,(H2,22,23,24);1H. The van der Waals surface area contributed by atoms with Crippen molar-refractivity contribution in [2.24, 2.45) is 10.9 Å². The molecule has 28 heavy (non-hydrogen) atoms. The lowest BCUT2D eigenvalue weighted by molar-refractivity contribution is 0.176. The number of thiazole rings is 1. The zero-order valence-electron chi connectivity index (χ0n) is 16.4. The summed E-state index contributed by atoms with van der Waals surface area (Å²) in [6, 6.07) is 7.89. The number of aryl methyl sites for hydroxylation is 1. The molecule has 0 unspecified atom stereocenters. The Kier molecular flexibility index (Phi) is 9.98. The average Bonchev–Trinajstić information content (AvgIpc) is 3.09. The molecular weight excluding hydrogens is 505 g/mol. The van der Waals surface area contributed by atoms with Crippen molar-refractivity contribution in [1.29, 1.82) is 0 Å². The van der Waals surface area contributed by atoms with Gasteiger partial charge in [-0.15, -0.1) is 35.3 Å². The number of nitrogens with one attached hydrogen (secondary N) is 2. The molecule has 1 aliphatic heterocycles. The van der Waals surface area contributed by atoms with Crippen LogP contribution in [0, 0.1) is 12.8 Å². The van der Waals surface area contributed by atoms with E-state index in [1.54, 1.807) is 18.4 Å². The van der Waals surface area contributed by atoms with E-state index >= 15 is 0 Å². The molecule has 1 aromatic heterocycles. The first-order chi connectivity index (χ1) is 13.1. The second-order valence-electron chi connectivity index (χ2n) is 6.98. The van der Waals surface area contributed by atoms with E-state index in [1.807, 2.05) is 24.3 Å². The molecule has 0 saturated carbocycles. The minimum Gasteiger partial charge on any atom is -0.356 e. The van der Waals surface area contributed by atoms with Gasteiger partial charge >= 0.3 is 0 Å². The minimum atomic E-state index is 0. The SMILES string of the molecule is CN=C(NCc1ccccc1Cl)NCC1CCN(Cc2csc(C)n2)CC1.I. The Morgan fingerprint density at radius 3 is 2.68 bits per heavy atom. The summed E-state index contributed by atoms with van der Waals surface area (Å²) in [6.45, 7) is 6.93. The first kappa shape index (κ1) is 23.4. The van der Waals surface area contributed by atoms with E-state index in [4.69, 9.17) is 11.6 Å². The molecule has 1 aliphatic rings. The highest BCUT2D eigenvalue weighted by molar-refractivity contribution is 14.0. The van der Waals surface area contributed by atoms with Crippen molar-refractivity contribution in [2.75, 3.05) is 26.7 Å². The van der Waals surface area contributed by atoms with E-state index in [0.29, 0.717) is 12.5 Å². The van der Waals surface area contributed by atoms with Crippen molar-refractivity contribution in [3.8, 4) is 0 Å². The number of hydrogen-bond acceptors (Lipinski definition) is 4. The maximum atomic E-state index is 6.21. The molecule has 5 nitrogen and oxygen atoms in total. The number of guanidine groups is 1. The quantitative estimate of drug-likeness (QED) is 0.330. The minimum absolute atomic E-state index is 0. The van der Waals surface area contributed by atoms with Crippen molar-refractivity contribution in [3.63, 3.8) is 0 Å². The van der Waals surface area contributed by atoms with Gasteiger partial charge in [0.15, 0.2) is 5.96 Å². The lowest BCUT2D eigenvalue weighted by Crippen LogP contribution is -2.42. The summed E-state index contributed by atoms with van der Waals surface area (Å²) in [5.74, 6) is 1.51. The number of hydrogen-bond donors (Lipinski definition) is 2. The smallest absolute Gasteiger partial charge is 0.191 e. The van der Waals surface area contributed by atoms with E-state index < -0.39 is 0 Å². The van der Waals surface area contributed by atoms with Gasteiger partial charge < -0.3 is 10.6 Å². The molecular formula is C20H29ClIN5S. The molecule has 0 aliphatic carbocycles. The van der Waals surface area contributed by atoms with E-state index in [1.165, 1.54) is 18.5 Å². The van der Waals surface area contributed by atoms with Gasteiger partial charge in [0.2, 0.25) is 0 Å². The fourth-order valence-corrected chi connectivity index (χ4v) is 4.15. The number of aliphatic imine (C=N–C) groups is 1. The Hall–Kier alpha value is -0.900. The lowest BCUT2D eigenvalue weighted by atomic mass is 9.97. The fraction of sp³-hybridized carbons (Fsp3) is 0.500. The third-order valence-corrected chi connectivity index (χ3v) is 6.14. The van der Waals surface area contributed by atoms with Crippen molar-refractivity contribution in [1.82, 2.24) is 20.5 Å². The molecule has 0 spiro atoms. The number of rotatable bonds is 6.